The smallest absolute Gasteiger partial charge is 0.317 e. The summed E-state index contributed by atoms with van der Waals surface area (Å²) < 4.78 is 1.82. The van der Waals surface area contributed by atoms with E-state index >= 15 is 0 Å². The van der Waals surface area contributed by atoms with Crippen LogP contribution in [0.3, 0.4) is 0 Å². The Bertz CT molecular complexity index is 604. The van der Waals surface area contributed by atoms with Crippen LogP contribution in [0.25, 0.3) is 0 Å². The number of aromatic nitrogens is 2. The third-order valence-corrected chi connectivity index (χ3v) is 4.65. The first-order valence-corrected chi connectivity index (χ1v) is 8.37. The first-order chi connectivity index (χ1) is 11.2. The summed E-state index contributed by atoms with van der Waals surface area (Å²) in [6.07, 6.45) is 2.57. The Kier molecular flexibility index (Phi) is 4.82. The standard InChI is InChI=1S/C16H24N6O/c1-13-3-2-5-20(11-13)6-4-18-16(23)21-7-8-22-15(12-21)9-14(10-17)19-22/h9,13H,2-8,11-12H2,1H3,(H,18,23)/t13-/m1/s1. The summed E-state index contributed by atoms with van der Waals surface area (Å²) in [5, 5.41) is 16.1. The number of nitriles is 1. The van der Waals surface area contributed by atoms with Crippen LogP contribution in [0.15, 0.2) is 6.07 Å². The number of amides is 2. The van der Waals surface area contributed by atoms with Crippen molar-refractivity contribution in [3.63, 3.8) is 0 Å². The van der Waals surface area contributed by atoms with Gasteiger partial charge in [0, 0.05) is 26.2 Å². The summed E-state index contributed by atoms with van der Waals surface area (Å²) in [5.74, 6) is 0.760. The zero-order chi connectivity index (χ0) is 16.2. The number of likely N-dealkylation sites (tertiary alicyclic amines) is 1. The fourth-order valence-electron chi connectivity index (χ4n) is 3.42. The third kappa shape index (κ3) is 3.82. The molecule has 2 amide bonds. The lowest BCUT2D eigenvalue weighted by Gasteiger charge is -2.31. The van der Waals surface area contributed by atoms with Crippen LogP contribution in [0.5, 0.6) is 0 Å². The molecule has 124 valence electrons. The van der Waals surface area contributed by atoms with Gasteiger partial charge in [-0.2, -0.15) is 10.4 Å². The fraction of sp³-hybridized carbons (Fsp3) is 0.688. The minimum atomic E-state index is -0.0268. The average Bonchev–Trinajstić information content (AvgIpc) is 2.97. The first-order valence-electron chi connectivity index (χ1n) is 8.37. The van der Waals surface area contributed by atoms with Crippen molar-refractivity contribution >= 4 is 6.03 Å². The molecule has 0 aromatic carbocycles. The Hall–Kier alpha value is -2.07. The zero-order valence-corrected chi connectivity index (χ0v) is 13.7. The SMILES string of the molecule is C[C@@H]1CCCN(CCNC(=O)N2CCn3nc(C#N)cc3C2)C1. The number of carbonyl (C=O) groups is 1. The number of piperidine rings is 1. The first kappa shape index (κ1) is 15.8. The molecule has 0 aliphatic carbocycles. The van der Waals surface area contributed by atoms with E-state index in [2.05, 4.69) is 22.2 Å². The minimum absolute atomic E-state index is 0.0268. The van der Waals surface area contributed by atoms with Gasteiger partial charge in [0.1, 0.15) is 6.07 Å². The number of fused-ring (bicyclic) bond motifs is 1. The molecule has 2 aliphatic rings. The molecule has 1 aromatic rings. The van der Waals surface area contributed by atoms with E-state index in [1.807, 2.05) is 10.8 Å². The van der Waals surface area contributed by atoms with Crippen molar-refractivity contribution < 1.29 is 4.79 Å². The Labute approximate surface area is 136 Å². The van der Waals surface area contributed by atoms with E-state index in [0.29, 0.717) is 31.9 Å². The summed E-state index contributed by atoms with van der Waals surface area (Å²) in [5.41, 5.74) is 1.34. The molecule has 0 bridgehead atoms. The Morgan fingerprint density at radius 3 is 3.13 bits per heavy atom. The van der Waals surface area contributed by atoms with Crippen molar-refractivity contribution in [2.24, 2.45) is 5.92 Å². The molecule has 7 nitrogen and oxygen atoms in total. The van der Waals surface area contributed by atoms with Gasteiger partial charge < -0.3 is 15.1 Å². The minimum Gasteiger partial charge on any atom is -0.337 e. The number of urea groups is 1. The monoisotopic (exact) mass is 316 g/mol. The van der Waals surface area contributed by atoms with E-state index in [-0.39, 0.29) is 6.03 Å². The summed E-state index contributed by atoms with van der Waals surface area (Å²) in [6, 6.07) is 3.78. The van der Waals surface area contributed by atoms with Gasteiger partial charge in [-0.15, -0.1) is 0 Å². The van der Waals surface area contributed by atoms with Crippen LogP contribution >= 0.6 is 0 Å². The number of hydrogen-bond donors (Lipinski definition) is 1. The van der Waals surface area contributed by atoms with E-state index in [1.165, 1.54) is 12.8 Å². The normalized spacial score (nSPS) is 21.6. The molecule has 0 spiro atoms. The van der Waals surface area contributed by atoms with Gasteiger partial charge in [0.05, 0.1) is 18.8 Å². The van der Waals surface area contributed by atoms with Gasteiger partial charge in [-0.3, -0.25) is 4.68 Å². The second kappa shape index (κ2) is 7.01. The highest BCUT2D eigenvalue weighted by Gasteiger charge is 2.22. The second-order valence-corrected chi connectivity index (χ2v) is 6.56. The lowest BCUT2D eigenvalue weighted by Crippen LogP contribution is -2.47. The fourth-order valence-corrected chi connectivity index (χ4v) is 3.42. The van der Waals surface area contributed by atoms with Gasteiger partial charge in [-0.1, -0.05) is 6.92 Å². The summed E-state index contributed by atoms with van der Waals surface area (Å²) >= 11 is 0. The largest absolute Gasteiger partial charge is 0.337 e. The highest BCUT2D eigenvalue weighted by molar-refractivity contribution is 5.74. The Morgan fingerprint density at radius 1 is 1.48 bits per heavy atom. The number of nitrogens with one attached hydrogen (secondary N) is 1. The number of nitrogens with zero attached hydrogens (tertiary/aromatic N) is 5. The van der Waals surface area contributed by atoms with Crippen molar-refractivity contribution in [2.75, 3.05) is 32.7 Å². The molecule has 1 atom stereocenters. The number of carbonyl (C=O) groups excluding carboxylic acids is 1. The molecule has 1 fully saturated rings. The van der Waals surface area contributed by atoms with Gasteiger partial charge in [0.25, 0.3) is 0 Å². The summed E-state index contributed by atoms with van der Waals surface area (Å²) in [7, 11) is 0. The Balaban J connectivity index is 1.45. The molecule has 1 N–H and O–H groups in total. The molecule has 3 rings (SSSR count). The predicted molar refractivity (Wildman–Crippen MR) is 85.6 cm³/mol. The van der Waals surface area contributed by atoms with E-state index in [0.717, 1.165) is 31.2 Å². The highest BCUT2D eigenvalue weighted by Crippen LogP contribution is 2.15. The van der Waals surface area contributed by atoms with Crippen molar-refractivity contribution in [1.29, 1.82) is 5.26 Å². The van der Waals surface area contributed by atoms with Crippen LogP contribution < -0.4 is 5.32 Å². The number of hydrogen-bond acceptors (Lipinski definition) is 4. The van der Waals surface area contributed by atoms with E-state index in [9.17, 15) is 4.79 Å². The molecule has 0 saturated carbocycles. The molecule has 2 aliphatic heterocycles. The van der Waals surface area contributed by atoms with E-state index < -0.39 is 0 Å². The molecule has 1 aromatic heterocycles. The quantitative estimate of drug-likeness (QED) is 0.903. The predicted octanol–water partition coefficient (Wildman–Crippen LogP) is 1.01. The maximum Gasteiger partial charge on any atom is 0.317 e. The van der Waals surface area contributed by atoms with E-state index in [1.54, 1.807) is 11.0 Å². The van der Waals surface area contributed by atoms with Gasteiger partial charge in [0.15, 0.2) is 5.69 Å². The van der Waals surface area contributed by atoms with Gasteiger partial charge in [-0.25, -0.2) is 4.79 Å². The molecule has 0 radical (unpaired) electrons. The topological polar surface area (TPSA) is 77.2 Å². The second-order valence-electron chi connectivity index (χ2n) is 6.56. The van der Waals surface area contributed by atoms with Crippen LogP contribution in [-0.2, 0) is 13.1 Å². The summed E-state index contributed by atoms with van der Waals surface area (Å²) in [6.45, 7) is 7.96. The maximum absolute atomic E-state index is 12.3. The van der Waals surface area contributed by atoms with Crippen LogP contribution in [0, 0.1) is 17.2 Å². The van der Waals surface area contributed by atoms with Crippen LogP contribution in [0.1, 0.15) is 31.2 Å². The lowest BCUT2D eigenvalue weighted by molar-refractivity contribution is 0.169. The maximum atomic E-state index is 12.3. The zero-order valence-electron chi connectivity index (χ0n) is 13.7. The van der Waals surface area contributed by atoms with Gasteiger partial charge in [0.2, 0.25) is 0 Å². The van der Waals surface area contributed by atoms with Crippen LogP contribution in [0.4, 0.5) is 4.79 Å². The van der Waals surface area contributed by atoms with Crippen molar-refractivity contribution in [2.45, 2.75) is 32.9 Å². The molecule has 1 saturated heterocycles. The molecular weight excluding hydrogens is 292 g/mol. The van der Waals surface area contributed by atoms with E-state index in [4.69, 9.17) is 5.26 Å². The molecule has 0 unspecified atom stereocenters. The highest BCUT2D eigenvalue weighted by atomic mass is 16.2. The average molecular weight is 316 g/mol. The third-order valence-electron chi connectivity index (χ3n) is 4.65. The van der Waals surface area contributed by atoms with Crippen molar-refractivity contribution in [1.82, 2.24) is 24.9 Å². The molecule has 3 heterocycles. The molecular formula is C16H24N6O. The van der Waals surface area contributed by atoms with Crippen molar-refractivity contribution in [3.8, 4) is 6.07 Å². The lowest BCUT2D eigenvalue weighted by atomic mass is 10.0. The van der Waals surface area contributed by atoms with Crippen LogP contribution in [0.2, 0.25) is 0 Å². The Morgan fingerprint density at radius 2 is 2.35 bits per heavy atom. The van der Waals surface area contributed by atoms with Gasteiger partial charge in [-0.05, 0) is 31.4 Å². The van der Waals surface area contributed by atoms with Crippen LogP contribution in [-0.4, -0.2) is 58.3 Å². The number of rotatable bonds is 3. The van der Waals surface area contributed by atoms with Gasteiger partial charge >= 0.3 is 6.03 Å². The summed E-state index contributed by atoms with van der Waals surface area (Å²) in [4.78, 5) is 16.5. The molecule has 23 heavy (non-hydrogen) atoms. The molecule has 7 heteroatoms. The van der Waals surface area contributed by atoms with Crippen molar-refractivity contribution in [3.05, 3.63) is 17.5 Å².